The van der Waals surface area contributed by atoms with E-state index in [0.717, 1.165) is 48.4 Å². The summed E-state index contributed by atoms with van der Waals surface area (Å²) < 4.78 is 2.03. The number of amides is 1. The Morgan fingerprint density at radius 3 is 2.88 bits per heavy atom. The van der Waals surface area contributed by atoms with Crippen LogP contribution in [0.2, 0.25) is 0 Å². The predicted octanol–water partition coefficient (Wildman–Crippen LogP) is 3.47. The molecule has 1 aliphatic rings. The van der Waals surface area contributed by atoms with Crippen LogP contribution in [-0.4, -0.2) is 15.7 Å². The molecule has 0 fully saturated rings. The topological polar surface area (TPSA) is 72.9 Å². The molecule has 1 aliphatic carbocycles. The number of nitrogens with zero attached hydrogens (tertiary/aromatic N) is 2. The van der Waals surface area contributed by atoms with Gasteiger partial charge in [-0.15, -0.1) is 0 Å². The Morgan fingerprint density at radius 1 is 1.38 bits per heavy atom. The van der Waals surface area contributed by atoms with Crippen molar-refractivity contribution in [3.63, 3.8) is 0 Å². The first-order chi connectivity index (χ1) is 12.3. The van der Waals surface area contributed by atoms with E-state index in [1.165, 1.54) is 11.1 Å². The maximum absolute atomic E-state index is 12.7. The molecule has 3 rings (SSSR count). The van der Waals surface area contributed by atoms with Crippen LogP contribution in [0.5, 0.6) is 0 Å². The average molecular weight is 354 g/mol. The van der Waals surface area contributed by atoms with E-state index in [1.807, 2.05) is 23.7 Å². The molecule has 1 aromatic carbocycles. The largest absolute Gasteiger partial charge is 0.399 e. The predicted molar refractivity (Wildman–Crippen MR) is 105 cm³/mol. The fraction of sp³-hybridized carbons (Fsp3) is 0.524. The monoisotopic (exact) mass is 354 g/mol. The van der Waals surface area contributed by atoms with E-state index in [4.69, 9.17) is 5.73 Å². The van der Waals surface area contributed by atoms with Crippen LogP contribution >= 0.6 is 0 Å². The van der Waals surface area contributed by atoms with Gasteiger partial charge in [0.05, 0.1) is 18.2 Å². The molecule has 1 atom stereocenters. The van der Waals surface area contributed by atoms with Crippen LogP contribution in [0.4, 0.5) is 5.69 Å². The van der Waals surface area contributed by atoms with Crippen molar-refractivity contribution in [1.82, 2.24) is 15.1 Å². The highest BCUT2D eigenvalue weighted by Gasteiger charge is 2.23. The molecule has 1 unspecified atom stereocenters. The third kappa shape index (κ3) is 3.92. The number of anilines is 1. The van der Waals surface area contributed by atoms with E-state index >= 15 is 0 Å². The number of carbonyl (C=O) groups excluding carboxylic acids is 1. The van der Waals surface area contributed by atoms with Gasteiger partial charge in [0.1, 0.15) is 0 Å². The van der Waals surface area contributed by atoms with Gasteiger partial charge >= 0.3 is 0 Å². The van der Waals surface area contributed by atoms with Crippen LogP contribution in [0.3, 0.4) is 0 Å². The zero-order chi connectivity index (χ0) is 18.8. The summed E-state index contributed by atoms with van der Waals surface area (Å²) in [5.41, 5.74) is 12.3. The first kappa shape index (κ1) is 18.5. The van der Waals surface area contributed by atoms with Gasteiger partial charge in [0.15, 0.2) is 0 Å². The molecule has 140 valence electrons. The molecule has 5 heteroatoms. The zero-order valence-electron chi connectivity index (χ0n) is 16.3. The smallest absolute Gasteiger partial charge is 0.225 e. The van der Waals surface area contributed by atoms with Gasteiger partial charge in [0.25, 0.3) is 0 Å². The van der Waals surface area contributed by atoms with Gasteiger partial charge in [-0.2, -0.15) is 5.10 Å². The van der Waals surface area contributed by atoms with Crippen LogP contribution < -0.4 is 11.1 Å². The summed E-state index contributed by atoms with van der Waals surface area (Å²) in [5, 5.41) is 7.85. The summed E-state index contributed by atoms with van der Waals surface area (Å²) in [6.07, 6.45) is 3.47. The van der Waals surface area contributed by atoms with Crippen molar-refractivity contribution in [3.8, 4) is 0 Å². The molecule has 2 aromatic rings. The fourth-order valence-corrected chi connectivity index (χ4v) is 3.90. The Balaban J connectivity index is 1.72. The van der Waals surface area contributed by atoms with Crippen molar-refractivity contribution in [2.45, 2.75) is 66.0 Å². The minimum absolute atomic E-state index is 0.0648. The average Bonchev–Trinajstić information content (AvgIpc) is 2.81. The van der Waals surface area contributed by atoms with E-state index < -0.39 is 0 Å². The Bertz CT molecular complexity index is 807. The molecule has 1 heterocycles. The highest BCUT2D eigenvalue weighted by Crippen LogP contribution is 2.31. The van der Waals surface area contributed by atoms with Crippen molar-refractivity contribution in [2.24, 2.45) is 5.92 Å². The zero-order valence-corrected chi connectivity index (χ0v) is 16.3. The van der Waals surface area contributed by atoms with Gasteiger partial charge < -0.3 is 11.1 Å². The van der Waals surface area contributed by atoms with Gasteiger partial charge in [-0.1, -0.05) is 19.9 Å². The standard InChI is InChI=1S/C21H30N4O/c1-13(2)12-25-15(4)19(14(3)24-25)11-21(26)23-20-7-5-6-16-10-17(22)8-9-18(16)20/h8-10,13,20H,5-7,11-12,22H2,1-4H3,(H,23,26). The highest BCUT2D eigenvalue weighted by atomic mass is 16.1. The van der Waals surface area contributed by atoms with Crippen LogP contribution in [0.15, 0.2) is 18.2 Å². The van der Waals surface area contributed by atoms with Crippen LogP contribution in [-0.2, 0) is 24.2 Å². The summed E-state index contributed by atoms with van der Waals surface area (Å²) in [6.45, 7) is 9.28. The Morgan fingerprint density at radius 2 is 2.15 bits per heavy atom. The molecular formula is C21H30N4O. The van der Waals surface area contributed by atoms with Gasteiger partial charge in [-0.3, -0.25) is 9.48 Å². The number of hydrogen-bond acceptors (Lipinski definition) is 3. The molecule has 26 heavy (non-hydrogen) atoms. The maximum atomic E-state index is 12.7. The van der Waals surface area contributed by atoms with Crippen LogP contribution in [0.1, 0.15) is 60.8 Å². The lowest BCUT2D eigenvalue weighted by Gasteiger charge is -2.26. The van der Waals surface area contributed by atoms with E-state index in [-0.39, 0.29) is 11.9 Å². The number of hydrogen-bond donors (Lipinski definition) is 2. The molecule has 0 saturated heterocycles. The van der Waals surface area contributed by atoms with E-state index in [2.05, 4.69) is 37.3 Å². The molecular weight excluding hydrogens is 324 g/mol. The molecule has 0 radical (unpaired) electrons. The third-order valence-electron chi connectivity index (χ3n) is 5.22. The summed E-state index contributed by atoms with van der Waals surface area (Å²) in [6, 6.07) is 6.11. The van der Waals surface area contributed by atoms with E-state index in [0.29, 0.717) is 12.3 Å². The lowest BCUT2D eigenvalue weighted by molar-refractivity contribution is -0.121. The van der Waals surface area contributed by atoms with Gasteiger partial charge in [0.2, 0.25) is 5.91 Å². The molecule has 5 nitrogen and oxygen atoms in total. The molecule has 1 amide bonds. The maximum Gasteiger partial charge on any atom is 0.225 e. The molecule has 0 bridgehead atoms. The number of nitrogen functional groups attached to an aromatic ring is 1. The molecule has 1 aromatic heterocycles. The van der Waals surface area contributed by atoms with Gasteiger partial charge in [0, 0.05) is 23.5 Å². The number of aryl methyl sites for hydroxylation is 2. The normalized spacial score (nSPS) is 16.6. The fourth-order valence-electron chi connectivity index (χ4n) is 3.90. The van der Waals surface area contributed by atoms with Crippen LogP contribution in [0.25, 0.3) is 0 Å². The highest BCUT2D eigenvalue weighted by molar-refractivity contribution is 5.79. The Hall–Kier alpha value is -2.30. The van der Waals surface area contributed by atoms with Crippen molar-refractivity contribution in [2.75, 3.05) is 5.73 Å². The van der Waals surface area contributed by atoms with E-state index in [1.54, 1.807) is 0 Å². The second-order valence-corrected chi connectivity index (χ2v) is 7.87. The minimum Gasteiger partial charge on any atom is -0.399 e. The minimum atomic E-state index is 0.0648. The summed E-state index contributed by atoms with van der Waals surface area (Å²) in [5.74, 6) is 0.593. The Labute approximate surface area is 156 Å². The van der Waals surface area contributed by atoms with Gasteiger partial charge in [-0.25, -0.2) is 0 Å². The van der Waals surface area contributed by atoms with Crippen LogP contribution in [0, 0.1) is 19.8 Å². The van der Waals surface area contributed by atoms with Crippen molar-refractivity contribution >= 4 is 11.6 Å². The summed E-state index contributed by atoms with van der Waals surface area (Å²) >= 11 is 0. The summed E-state index contributed by atoms with van der Waals surface area (Å²) in [7, 11) is 0. The van der Waals surface area contributed by atoms with Crippen molar-refractivity contribution in [3.05, 3.63) is 46.3 Å². The first-order valence-electron chi connectivity index (χ1n) is 9.55. The molecule has 0 spiro atoms. The van der Waals surface area contributed by atoms with E-state index in [9.17, 15) is 4.79 Å². The number of nitrogens with one attached hydrogen (secondary N) is 1. The number of carbonyl (C=O) groups is 1. The van der Waals surface area contributed by atoms with Crippen molar-refractivity contribution in [1.29, 1.82) is 0 Å². The quantitative estimate of drug-likeness (QED) is 0.808. The second-order valence-electron chi connectivity index (χ2n) is 7.87. The molecule has 0 saturated carbocycles. The lowest BCUT2D eigenvalue weighted by atomic mass is 9.87. The van der Waals surface area contributed by atoms with Crippen molar-refractivity contribution < 1.29 is 4.79 Å². The number of fused-ring (bicyclic) bond motifs is 1. The molecule has 3 N–H and O–H groups in total. The number of nitrogens with two attached hydrogens (primary N) is 1. The number of aromatic nitrogens is 2. The lowest BCUT2D eigenvalue weighted by Crippen LogP contribution is -2.32. The SMILES string of the molecule is Cc1nn(CC(C)C)c(C)c1CC(=O)NC1CCCc2cc(N)ccc21. The Kier molecular flexibility index (Phi) is 5.35. The van der Waals surface area contributed by atoms with Gasteiger partial charge in [-0.05, 0) is 62.3 Å². The number of rotatable bonds is 5. The number of benzene rings is 1. The first-order valence-corrected chi connectivity index (χ1v) is 9.55. The molecule has 0 aliphatic heterocycles. The second kappa shape index (κ2) is 7.52. The summed E-state index contributed by atoms with van der Waals surface area (Å²) in [4.78, 5) is 12.7. The third-order valence-corrected chi connectivity index (χ3v) is 5.22.